The lowest BCUT2D eigenvalue weighted by molar-refractivity contribution is -0.145. The molecular formula is C20H17NO4. The van der Waals surface area contributed by atoms with E-state index < -0.39 is 30.0 Å². The number of para-hydroxylation sites is 1. The standard InChI is InChI=1S/C20H17NO4/c22-19(17-15-10-11-16(25-15)18(17)20(23)24)21-14-9-5-4-8-13(14)12-6-2-1-3-7-12/h1-11,15-18H,(H,21,22)(H,23,24)/t15-,16+,17+,18+/m1/s1. The van der Waals surface area contributed by atoms with E-state index in [-0.39, 0.29) is 5.91 Å². The van der Waals surface area contributed by atoms with E-state index in [4.69, 9.17) is 4.74 Å². The quantitative estimate of drug-likeness (QED) is 0.843. The van der Waals surface area contributed by atoms with Crippen molar-refractivity contribution < 1.29 is 19.4 Å². The van der Waals surface area contributed by atoms with Crippen molar-refractivity contribution in [1.29, 1.82) is 0 Å². The molecule has 1 saturated heterocycles. The van der Waals surface area contributed by atoms with Gasteiger partial charge in [0.2, 0.25) is 5.91 Å². The third-order valence-corrected chi connectivity index (χ3v) is 4.76. The molecule has 4 atom stereocenters. The van der Waals surface area contributed by atoms with Gasteiger partial charge >= 0.3 is 5.97 Å². The smallest absolute Gasteiger partial charge is 0.310 e. The summed E-state index contributed by atoms with van der Waals surface area (Å²) in [5.41, 5.74) is 2.54. The second-order valence-corrected chi connectivity index (χ2v) is 6.24. The van der Waals surface area contributed by atoms with Gasteiger partial charge in [-0.05, 0) is 11.6 Å². The minimum atomic E-state index is -1.01. The van der Waals surface area contributed by atoms with E-state index in [1.807, 2.05) is 54.6 Å². The van der Waals surface area contributed by atoms with Gasteiger partial charge in [-0.25, -0.2) is 0 Å². The Hall–Kier alpha value is -2.92. The fraction of sp³-hybridized carbons (Fsp3) is 0.200. The van der Waals surface area contributed by atoms with Crippen molar-refractivity contribution >= 4 is 17.6 Å². The number of nitrogens with one attached hydrogen (secondary N) is 1. The topological polar surface area (TPSA) is 75.6 Å². The van der Waals surface area contributed by atoms with Crippen LogP contribution in [0.15, 0.2) is 66.7 Å². The first-order chi connectivity index (χ1) is 12.1. The van der Waals surface area contributed by atoms with E-state index in [1.165, 1.54) is 0 Å². The molecule has 5 heteroatoms. The molecule has 2 aliphatic rings. The van der Waals surface area contributed by atoms with Crippen LogP contribution in [0.4, 0.5) is 5.69 Å². The highest BCUT2D eigenvalue weighted by Crippen LogP contribution is 2.40. The van der Waals surface area contributed by atoms with Gasteiger partial charge < -0.3 is 15.2 Å². The highest BCUT2D eigenvalue weighted by molar-refractivity contribution is 5.99. The average Bonchev–Trinajstić information content (AvgIpc) is 3.24. The second-order valence-electron chi connectivity index (χ2n) is 6.24. The number of anilines is 1. The van der Waals surface area contributed by atoms with Gasteiger partial charge in [0.1, 0.15) is 5.92 Å². The molecular weight excluding hydrogens is 318 g/mol. The Kier molecular flexibility index (Phi) is 3.86. The first-order valence-electron chi connectivity index (χ1n) is 8.17. The summed E-state index contributed by atoms with van der Waals surface area (Å²) in [5.74, 6) is -2.91. The summed E-state index contributed by atoms with van der Waals surface area (Å²) < 4.78 is 5.58. The van der Waals surface area contributed by atoms with Crippen LogP contribution in [0.25, 0.3) is 11.1 Å². The molecule has 2 aliphatic heterocycles. The highest BCUT2D eigenvalue weighted by atomic mass is 16.5. The molecule has 126 valence electrons. The summed E-state index contributed by atoms with van der Waals surface area (Å²) in [6.45, 7) is 0. The Bertz CT molecular complexity index is 846. The second kappa shape index (κ2) is 6.18. The number of carboxylic acid groups (broad SMARTS) is 1. The molecule has 2 aromatic carbocycles. The molecule has 2 heterocycles. The van der Waals surface area contributed by atoms with Gasteiger partial charge in [-0.2, -0.15) is 0 Å². The third kappa shape index (κ3) is 2.72. The third-order valence-electron chi connectivity index (χ3n) is 4.76. The van der Waals surface area contributed by atoms with Crippen LogP contribution in [0.3, 0.4) is 0 Å². The predicted octanol–water partition coefficient (Wildman–Crippen LogP) is 2.95. The summed E-state index contributed by atoms with van der Waals surface area (Å²) in [7, 11) is 0. The number of hydrogen-bond donors (Lipinski definition) is 2. The Balaban J connectivity index is 1.62. The summed E-state index contributed by atoms with van der Waals surface area (Å²) in [5, 5.41) is 12.4. The van der Waals surface area contributed by atoms with Crippen LogP contribution in [0, 0.1) is 11.8 Å². The maximum absolute atomic E-state index is 12.8. The van der Waals surface area contributed by atoms with Gasteiger partial charge in [0.25, 0.3) is 0 Å². The molecule has 0 aromatic heterocycles. The molecule has 2 aromatic rings. The summed E-state index contributed by atoms with van der Waals surface area (Å²) in [4.78, 5) is 24.4. The molecule has 0 spiro atoms. The molecule has 0 radical (unpaired) electrons. The minimum Gasteiger partial charge on any atom is -0.481 e. The van der Waals surface area contributed by atoms with Crippen molar-refractivity contribution in [2.24, 2.45) is 11.8 Å². The Morgan fingerprint density at radius 3 is 2.24 bits per heavy atom. The fourth-order valence-corrected chi connectivity index (χ4v) is 3.59. The Morgan fingerprint density at radius 2 is 1.52 bits per heavy atom. The van der Waals surface area contributed by atoms with Gasteiger partial charge in [0.05, 0.1) is 18.1 Å². The number of amides is 1. The summed E-state index contributed by atoms with van der Waals surface area (Å²) in [6, 6.07) is 17.2. The zero-order valence-corrected chi connectivity index (χ0v) is 13.3. The van der Waals surface area contributed by atoms with Crippen molar-refractivity contribution in [3.63, 3.8) is 0 Å². The van der Waals surface area contributed by atoms with Crippen LogP contribution >= 0.6 is 0 Å². The highest BCUT2D eigenvalue weighted by Gasteiger charge is 2.53. The number of hydrogen-bond acceptors (Lipinski definition) is 3. The van der Waals surface area contributed by atoms with Crippen molar-refractivity contribution in [2.45, 2.75) is 12.2 Å². The Labute approximate surface area is 144 Å². The van der Waals surface area contributed by atoms with Crippen LogP contribution in [-0.2, 0) is 14.3 Å². The molecule has 2 N–H and O–H groups in total. The van der Waals surface area contributed by atoms with Gasteiger partial charge in [-0.15, -0.1) is 0 Å². The minimum absolute atomic E-state index is 0.326. The van der Waals surface area contributed by atoms with Crippen molar-refractivity contribution in [1.82, 2.24) is 0 Å². The SMILES string of the molecule is O=C(O)[C@@H]1[C@@H](C(=O)Nc2ccccc2-c2ccccc2)[C@H]2C=C[C@@H]1O2. The molecule has 0 unspecified atom stereocenters. The van der Waals surface area contributed by atoms with E-state index in [0.29, 0.717) is 5.69 Å². The van der Waals surface area contributed by atoms with E-state index in [2.05, 4.69) is 5.32 Å². The van der Waals surface area contributed by atoms with Crippen LogP contribution in [0.5, 0.6) is 0 Å². The number of carbonyl (C=O) groups is 2. The number of carbonyl (C=O) groups excluding carboxylic acids is 1. The number of rotatable bonds is 4. The number of ether oxygens (including phenoxy) is 1. The molecule has 4 rings (SSSR count). The summed E-state index contributed by atoms with van der Waals surface area (Å²) in [6.07, 6.45) is 2.50. The van der Waals surface area contributed by atoms with Crippen molar-refractivity contribution in [3.8, 4) is 11.1 Å². The van der Waals surface area contributed by atoms with E-state index >= 15 is 0 Å². The zero-order valence-electron chi connectivity index (χ0n) is 13.3. The lowest BCUT2D eigenvalue weighted by atomic mass is 9.82. The molecule has 5 nitrogen and oxygen atoms in total. The maximum Gasteiger partial charge on any atom is 0.310 e. The molecule has 1 fully saturated rings. The summed E-state index contributed by atoms with van der Waals surface area (Å²) >= 11 is 0. The van der Waals surface area contributed by atoms with Crippen LogP contribution < -0.4 is 5.32 Å². The normalized spacial score (nSPS) is 26.6. The average molecular weight is 335 g/mol. The number of carboxylic acids is 1. The van der Waals surface area contributed by atoms with Gasteiger partial charge in [0.15, 0.2) is 0 Å². The molecule has 25 heavy (non-hydrogen) atoms. The number of fused-ring (bicyclic) bond motifs is 2. The van der Waals surface area contributed by atoms with Crippen LogP contribution in [0.2, 0.25) is 0 Å². The van der Waals surface area contributed by atoms with E-state index in [9.17, 15) is 14.7 Å². The molecule has 1 amide bonds. The fourth-order valence-electron chi connectivity index (χ4n) is 3.59. The predicted molar refractivity (Wildman–Crippen MR) is 92.9 cm³/mol. The number of benzene rings is 2. The number of aliphatic carboxylic acids is 1. The van der Waals surface area contributed by atoms with E-state index in [0.717, 1.165) is 11.1 Å². The monoisotopic (exact) mass is 335 g/mol. The zero-order chi connectivity index (χ0) is 17.4. The maximum atomic E-state index is 12.8. The molecule has 2 bridgehead atoms. The lowest BCUT2D eigenvalue weighted by Gasteiger charge is -2.21. The largest absolute Gasteiger partial charge is 0.481 e. The van der Waals surface area contributed by atoms with Crippen LogP contribution in [0.1, 0.15) is 0 Å². The van der Waals surface area contributed by atoms with Gasteiger partial charge in [0, 0.05) is 11.3 Å². The Morgan fingerprint density at radius 1 is 0.880 bits per heavy atom. The van der Waals surface area contributed by atoms with Crippen molar-refractivity contribution in [3.05, 3.63) is 66.7 Å². The first-order valence-corrected chi connectivity index (χ1v) is 8.17. The molecule has 0 saturated carbocycles. The van der Waals surface area contributed by atoms with Crippen LogP contribution in [-0.4, -0.2) is 29.2 Å². The molecule has 0 aliphatic carbocycles. The van der Waals surface area contributed by atoms with Crippen molar-refractivity contribution in [2.75, 3.05) is 5.32 Å². The lowest BCUT2D eigenvalue weighted by Crippen LogP contribution is -2.39. The van der Waals surface area contributed by atoms with E-state index in [1.54, 1.807) is 12.2 Å². The van der Waals surface area contributed by atoms with Gasteiger partial charge in [-0.3, -0.25) is 9.59 Å². The van der Waals surface area contributed by atoms with Gasteiger partial charge in [-0.1, -0.05) is 60.7 Å². The first kappa shape index (κ1) is 15.6.